The molecule has 0 spiro atoms. The largest absolute Gasteiger partial charge is 0.487 e. The summed E-state index contributed by atoms with van der Waals surface area (Å²) in [4.78, 5) is 0. The van der Waals surface area contributed by atoms with E-state index in [9.17, 15) is 0 Å². The molecule has 0 atom stereocenters. The lowest BCUT2D eigenvalue weighted by molar-refractivity contribution is 0.285. The first-order valence-corrected chi connectivity index (χ1v) is 16.6. The van der Waals surface area contributed by atoms with Crippen LogP contribution in [0.15, 0.2) is 72.8 Å². The summed E-state index contributed by atoms with van der Waals surface area (Å²) in [6, 6.07) is 24.3. The van der Waals surface area contributed by atoms with Crippen molar-refractivity contribution < 1.29 is 14.9 Å². The van der Waals surface area contributed by atoms with Crippen molar-refractivity contribution in [3.8, 4) is 16.9 Å². The molecule has 236 valence electrons. The van der Waals surface area contributed by atoms with Gasteiger partial charge in [0.15, 0.2) is 5.82 Å². The van der Waals surface area contributed by atoms with Crippen LogP contribution in [0.4, 0.5) is 11.5 Å². The van der Waals surface area contributed by atoms with Crippen LogP contribution in [0.25, 0.3) is 21.2 Å². The summed E-state index contributed by atoms with van der Waals surface area (Å²) in [5.74, 6) is 1.41. The molecule has 0 bridgehead atoms. The highest BCUT2D eigenvalue weighted by atomic mass is 35.5. The molecule has 0 aliphatic carbocycles. The van der Waals surface area contributed by atoms with Crippen molar-refractivity contribution in [2.75, 3.05) is 31.6 Å². The molecule has 5 N–H and O–H groups in total. The second-order valence-electron chi connectivity index (χ2n) is 10.8. The number of anilines is 2. The predicted molar refractivity (Wildman–Crippen MR) is 187 cm³/mol. The van der Waals surface area contributed by atoms with Gasteiger partial charge in [0.05, 0.1) is 20.4 Å². The third-order valence-electron chi connectivity index (χ3n) is 7.58. The fraction of sp³-hybridized carbons (Fsp3) is 0.286. The normalized spacial score (nSPS) is 11.3. The first-order valence-electron chi connectivity index (χ1n) is 15.1. The van der Waals surface area contributed by atoms with Crippen LogP contribution in [0, 0.1) is 6.92 Å². The SMILES string of the molecule is Cc1c(COc2ccc(CNCCCO)cc2Cl)cccc1-c1cccc2c(Nc3ccc(CNCCCO)cc3Cl)nsc12. The summed E-state index contributed by atoms with van der Waals surface area (Å²) in [5.41, 5.74) is 7.41. The summed E-state index contributed by atoms with van der Waals surface area (Å²) in [7, 11) is 0. The summed E-state index contributed by atoms with van der Waals surface area (Å²) in [5, 5.41) is 30.2. The van der Waals surface area contributed by atoms with Crippen LogP contribution in [0.2, 0.25) is 10.0 Å². The van der Waals surface area contributed by atoms with Gasteiger partial charge in [0.1, 0.15) is 12.4 Å². The molecule has 0 unspecified atom stereocenters. The van der Waals surface area contributed by atoms with E-state index in [1.54, 1.807) is 0 Å². The summed E-state index contributed by atoms with van der Waals surface area (Å²) < 4.78 is 12.0. The van der Waals surface area contributed by atoms with Crippen LogP contribution in [-0.4, -0.2) is 40.9 Å². The predicted octanol–water partition coefficient (Wildman–Crippen LogP) is 7.85. The maximum Gasteiger partial charge on any atom is 0.152 e. The molecule has 5 rings (SSSR count). The van der Waals surface area contributed by atoms with Crippen molar-refractivity contribution in [1.29, 1.82) is 0 Å². The molecule has 0 aliphatic heterocycles. The third-order valence-corrected chi connectivity index (χ3v) is 9.09. The Bertz CT molecular complexity index is 1730. The molecule has 0 saturated heterocycles. The van der Waals surface area contributed by atoms with E-state index >= 15 is 0 Å². The van der Waals surface area contributed by atoms with Gasteiger partial charge in [0, 0.05) is 37.3 Å². The number of aliphatic hydroxyl groups is 2. The maximum atomic E-state index is 8.97. The highest BCUT2D eigenvalue weighted by molar-refractivity contribution is 7.14. The standard InChI is InChI=1S/C35H38Cl2N4O3S/c1-23-26(22-44-33-13-11-25(19-31(33)37)21-39-15-5-17-43)6-2-7-27(23)28-8-3-9-29-34(28)45-41-35(29)40-32-12-10-24(18-30(32)36)20-38-14-4-16-42/h2-3,6-13,18-19,38-39,42-43H,4-5,14-17,20-22H2,1H3,(H,40,41). The Labute approximate surface area is 278 Å². The minimum atomic E-state index is 0.177. The number of rotatable bonds is 16. The number of nitrogens with zero attached hydrogens (tertiary/aromatic N) is 1. The average Bonchev–Trinajstić information content (AvgIpc) is 3.46. The number of hydrogen-bond acceptors (Lipinski definition) is 8. The molecule has 1 aromatic heterocycles. The second kappa shape index (κ2) is 16.4. The molecular formula is C35H38Cl2N4O3S. The number of halogens is 2. The molecule has 0 fully saturated rings. The summed E-state index contributed by atoms with van der Waals surface area (Å²) in [6.07, 6.45) is 1.44. The van der Waals surface area contributed by atoms with Gasteiger partial charge in [-0.2, -0.15) is 4.37 Å². The van der Waals surface area contributed by atoms with Crippen LogP contribution in [0.5, 0.6) is 5.75 Å². The Morgan fingerprint density at radius 1 is 0.800 bits per heavy atom. The van der Waals surface area contributed by atoms with Gasteiger partial charge < -0.3 is 30.9 Å². The molecular weight excluding hydrogens is 627 g/mol. The van der Waals surface area contributed by atoms with Crippen molar-refractivity contribution in [3.05, 3.63) is 105 Å². The van der Waals surface area contributed by atoms with Gasteiger partial charge in [0.25, 0.3) is 0 Å². The Morgan fingerprint density at radius 3 is 2.16 bits per heavy atom. The van der Waals surface area contributed by atoms with E-state index in [4.69, 9.17) is 42.5 Å². The first kappa shape index (κ1) is 33.2. The Hall–Kier alpha value is -3.21. The molecule has 0 saturated carbocycles. The smallest absolute Gasteiger partial charge is 0.152 e. The third kappa shape index (κ3) is 8.54. The lowest BCUT2D eigenvalue weighted by Crippen LogP contribution is -2.15. The van der Waals surface area contributed by atoms with Crippen molar-refractivity contribution in [3.63, 3.8) is 0 Å². The lowest BCUT2D eigenvalue weighted by Gasteiger charge is -2.15. The van der Waals surface area contributed by atoms with Crippen molar-refractivity contribution >= 4 is 56.3 Å². The van der Waals surface area contributed by atoms with Crippen LogP contribution >= 0.6 is 34.7 Å². The molecule has 1 heterocycles. The van der Waals surface area contributed by atoms with Gasteiger partial charge in [-0.3, -0.25) is 0 Å². The van der Waals surface area contributed by atoms with E-state index in [1.165, 1.54) is 11.5 Å². The van der Waals surface area contributed by atoms with Crippen LogP contribution < -0.4 is 20.7 Å². The second-order valence-corrected chi connectivity index (χ2v) is 12.4. The van der Waals surface area contributed by atoms with Crippen molar-refractivity contribution in [1.82, 2.24) is 15.0 Å². The molecule has 0 amide bonds. The minimum absolute atomic E-state index is 0.177. The lowest BCUT2D eigenvalue weighted by atomic mass is 9.96. The monoisotopic (exact) mass is 664 g/mol. The fourth-order valence-corrected chi connectivity index (χ4v) is 6.47. The topological polar surface area (TPSA) is 98.7 Å². The first-order chi connectivity index (χ1) is 22.0. The highest BCUT2D eigenvalue weighted by Crippen LogP contribution is 2.39. The molecule has 7 nitrogen and oxygen atoms in total. The minimum Gasteiger partial charge on any atom is -0.487 e. The molecule has 0 radical (unpaired) electrons. The van der Waals surface area contributed by atoms with Crippen LogP contribution in [0.1, 0.15) is 35.1 Å². The Morgan fingerprint density at radius 2 is 1.47 bits per heavy atom. The van der Waals surface area contributed by atoms with E-state index in [1.807, 2.05) is 36.4 Å². The zero-order chi connectivity index (χ0) is 31.6. The number of hydrogen-bond donors (Lipinski definition) is 5. The number of benzene rings is 4. The molecule has 0 aliphatic rings. The quantitative estimate of drug-likeness (QED) is 0.0685. The zero-order valence-electron chi connectivity index (χ0n) is 25.2. The number of aromatic nitrogens is 1. The van der Waals surface area contributed by atoms with E-state index in [2.05, 4.69) is 59.3 Å². The molecule has 45 heavy (non-hydrogen) atoms. The Balaban J connectivity index is 1.29. The van der Waals surface area contributed by atoms with Gasteiger partial charge in [-0.25, -0.2) is 0 Å². The van der Waals surface area contributed by atoms with Gasteiger partial charge in [-0.15, -0.1) is 0 Å². The van der Waals surface area contributed by atoms with Crippen molar-refractivity contribution in [2.24, 2.45) is 0 Å². The van der Waals surface area contributed by atoms with Crippen LogP contribution in [-0.2, 0) is 19.7 Å². The van der Waals surface area contributed by atoms with Gasteiger partial charge in [-0.05, 0) is 103 Å². The fourth-order valence-electron chi connectivity index (χ4n) is 5.09. The summed E-state index contributed by atoms with van der Waals surface area (Å²) in [6.45, 7) is 5.75. The number of fused-ring (bicyclic) bond motifs is 1. The number of nitrogens with one attached hydrogen (secondary N) is 3. The molecule has 5 aromatic rings. The van der Waals surface area contributed by atoms with E-state index in [0.717, 1.165) is 80.9 Å². The van der Waals surface area contributed by atoms with Gasteiger partial charge >= 0.3 is 0 Å². The average molecular weight is 666 g/mol. The number of aliphatic hydroxyl groups excluding tert-OH is 2. The molecule has 10 heteroatoms. The van der Waals surface area contributed by atoms with E-state index in [-0.39, 0.29) is 13.2 Å². The van der Waals surface area contributed by atoms with E-state index in [0.29, 0.717) is 35.5 Å². The van der Waals surface area contributed by atoms with Crippen molar-refractivity contribution in [2.45, 2.75) is 39.5 Å². The zero-order valence-corrected chi connectivity index (χ0v) is 27.5. The Kier molecular flexibility index (Phi) is 12.1. The van der Waals surface area contributed by atoms with Gasteiger partial charge in [-0.1, -0.05) is 65.7 Å². The molecule has 4 aromatic carbocycles. The van der Waals surface area contributed by atoms with Crippen LogP contribution in [0.3, 0.4) is 0 Å². The van der Waals surface area contributed by atoms with Gasteiger partial charge in [0.2, 0.25) is 0 Å². The summed E-state index contributed by atoms with van der Waals surface area (Å²) >= 11 is 14.7. The van der Waals surface area contributed by atoms with E-state index < -0.39 is 0 Å². The maximum absolute atomic E-state index is 8.97. The highest BCUT2D eigenvalue weighted by Gasteiger charge is 2.16. The number of ether oxygens (including phenoxy) is 1.